The third-order valence-corrected chi connectivity index (χ3v) is 3.87. The highest BCUT2D eigenvalue weighted by Gasteiger charge is 2.09. The van der Waals surface area contributed by atoms with Crippen molar-refractivity contribution in [3.63, 3.8) is 0 Å². The monoisotopic (exact) mass is 289 g/mol. The summed E-state index contributed by atoms with van der Waals surface area (Å²) in [6, 6.07) is 15.9. The maximum absolute atomic E-state index is 12.8. The predicted octanol–water partition coefficient (Wildman–Crippen LogP) is 3.80. The molecule has 0 aliphatic heterocycles. The Hall–Kier alpha value is -1.81. The molecule has 1 N–H and O–H groups in total. The van der Waals surface area contributed by atoms with Crippen molar-refractivity contribution in [1.29, 1.82) is 0 Å². The lowest BCUT2D eigenvalue weighted by atomic mass is 10.1. The van der Waals surface area contributed by atoms with Crippen molar-refractivity contribution in [2.75, 3.05) is 5.75 Å². The van der Waals surface area contributed by atoms with E-state index in [1.54, 1.807) is 12.1 Å². The molecule has 0 heterocycles. The van der Waals surface area contributed by atoms with Crippen molar-refractivity contribution in [1.82, 2.24) is 5.32 Å². The second kappa shape index (κ2) is 7.10. The Morgan fingerprint density at radius 1 is 1.15 bits per heavy atom. The smallest absolute Gasteiger partial charge is 0.230 e. The number of hydrogen-bond acceptors (Lipinski definition) is 2. The fourth-order valence-corrected chi connectivity index (χ4v) is 2.50. The largest absolute Gasteiger partial charge is 0.349 e. The van der Waals surface area contributed by atoms with Crippen molar-refractivity contribution >= 4 is 17.7 Å². The van der Waals surface area contributed by atoms with Gasteiger partial charge in [-0.25, -0.2) is 4.39 Å². The highest BCUT2D eigenvalue weighted by atomic mass is 32.2. The molecule has 0 aromatic heterocycles. The molecule has 0 radical (unpaired) electrons. The number of carbonyl (C=O) groups excluding carboxylic acids is 1. The minimum atomic E-state index is -0.267. The van der Waals surface area contributed by atoms with Crippen LogP contribution in [0.25, 0.3) is 0 Å². The first-order valence-electron chi connectivity index (χ1n) is 6.38. The fraction of sp³-hybridized carbons (Fsp3) is 0.188. The number of rotatable bonds is 5. The lowest BCUT2D eigenvalue weighted by Crippen LogP contribution is -2.28. The van der Waals surface area contributed by atoms with Crippen LogP contribution in [0, 0.1) is 5.82 Å². The van der Waals surface area contributed by atoms with Gasteiger partial charge in [-0.3, -0.25) is 4.79 Å². The van der Waals surface area contributed by atoms with Gasteiger partial charge in [0.1, 0.15) is 5.82 Å². The average molecular weight is 289 g/mol. The van der Waals surface area contributed by atoms with Gasteiger partial charge in [-0.05, 0) is 36.8 Å². The molecule has 0 fully saturated rings. The molecule has 2 aromatic rings. The maximum atomic E-state index is 12.8. The standard InChI is InChI=1S/C16H16FNOS/c1-12(13-5-3-2-4-6-13)18-16(19)11-20-15-9-7-14(17)8-10-15/h2-10,12H,11H2,1H3,(H,18,19). The van der Waals surface area contributed by atoms with Gasteiger partial charge in [-0.15, -0.1) is 11.8 Å². The highest BCUT2D eigenvalue weighted by molar-refractivity contribution is 8.00. The van der Waals surface area contributed by atoms with Crippen LogP contribution < -0.4 is 5.32 Å². The van der Waals surface area contributed by atoms with Gasteiger partial charge in [0.2, 0.25) is 5.91 Å². The molecular formula is C16H16FNOS. The number of nitrogens with one attached hydrogen (secondary N) is 1. The molecular weight excluding hydrogens is 273 g/mol. The Kier molecular flexibility index (Phi) is 5.18. The minimum absolute atomic E-state index is 0.0162. The third-order valence-electron chi connectivity index (χ3n) is 2.86. The fourth-order valence-electron chi connectivity index (χ4n) is 1.79. The minimum Gasteiger partial charge on any atom is -0.349 e. The number of thioether (sulfide) groups is 1. The van der Waals surface area contributed by atoms with Crippen molar-refractivity contribution < 1.29 is 9.18 Å². The van der Waals surface area contributed by atoms with Crippen LogP contribution in [0.1, 0.15) is 18.5 Å². The van der Waals surface area contributed by atoms with E-state index in [4.69, 9.17) is 0 Å². The number of hydrogen-bond donors (Lipinski definition) is 1. The molecule has 0 aliphatic rings. The number of benzene rings is 2. The van der Waals surface area contributed by atoms with E-state index in [-0.39, 0.29) is 17.8 Å². The van der Waals surface area contributed by atoms with E-state index in [0.717, 1.165) is 10.5 Å². The normalized spacial score (nSPS) is 11.9. The van der Waals surface area contributed by atoms with E-state index in [2.05, 4.69) is 5.32 Å². The molecule has 0 aliphatic carbocycles. The predicted molar refractivity (Wildman–Crippen MR) is 80.1 cm³/mol. The van der Waals surface area contributed by atoms with Gasteiger partial charge >= 0.3 is 0 Å². The zero-order chi connectivity index (χ0) is 14.4. The Balaban J connectivity index is 1.82. The van der Waals surface area contributed by atoms with E-state index in [9.17, 15) is 9.18 Å². The summed E-state index contributed by atoms with van der Waals surface area (Å²) in [5.74, 6) is 0.0233. The van der Waals surface area contributed by atoms with Crippen LogP contribution in [-0.2, 0) is 4.79 Å². The van der Waals surface area contributed by atoms with Crippen molar-refractivity contribution in [2.45, 2.75) is 17.9 Å². The van der Waals surface area contributed by atoms with E-state index >= 15 is 0 Å². The van der Waals surface area contributed by atoms with E-state index < -0.39 is 0 Å². The SMILES string of the molecule is CC(NC(=O)CSc1ccc(F)cc1)c1ccccc1. The summed E-state index contributed by atoms with van der Waals surface area (Å²) in [4.78, 5) is 12.7. The quantitative estimate of drug-likeness (QED) is 0.848. The zero-order valence-corrected chi connectivity index (χ0v) is 12.0. The van der Waals surface area contributed by atoms with Crippen LogP contribution in [-0.4, -0.2) is 11.7 Å². The van der Waals surface area contributed by atoms with Gasteiger partial charge in [0.05, 0.1) is 11.8 Å². The molecule has 2 aromatic carbocycles. The molecule has 104 valence electrons. The van der Waals surface area contributed by atoms with Crippen LogP contribution >= 0.6 is 11.8 Å². The van der Waals surface area contributed by atoms with Crippen molar-refractivity contribution in [2.24, 2.45) is 0 Å². The van der Waals surface area contributed by atoms with Crippen LogP contribution in [0.15, 0.2) is 59.5 Å². The molecule has 1 amide bonds. The molecule has 0 bridgehead atoms. The number of halogens is 1. The molecule has 20 heavy (non-hydrogen) atoms. The summed E-state index contributed by atoms with van der Waals surface area (Å²) < 4.78 is 12.8. The average Bonchev–Trinajstić information content (AvgIpc) is 2.47. The first-order chi connectivity index (χ1) is 9.65. The Bertz CT molecular complexity index is 556. The second-order valence-corrected chi connectivity index (χ2v) is 5.49. The molecule has 0 saturated carbocycles. The van der Waals surface area contributed by atoms with Gasteiger partial charge < -0.3 is 5.32 Å². The molecule has 2 rings (SSSR count). The summed E-state index contributed by atoms with van der Waals surface area (Å²) in [6.07, 6.45) is 0. The van der Waals surface area contributed by atoms with Gasteiger partial charge in [0, 0.05) is 4.90 Å². The van der Waals surface area contributed by atoms with Crippen LogP contribution in [0.3, 0.4) is 0 Å². The maximum Gasteiger partial charge on any atom is 0.230 e. The van der Waals surface area contributed by atoms with E-state index in [1.165, 1.54) is 23.9 Å². The van der Waals surface area contributed by atoms with Gasteiger partial charge in [-0.2, -0.15) is 0 Å². The summed E-state index contributed by atoms with van der Waals surface area (Å²) in [6.45, 7) is 1.95. The highest BCUT2D eigenvalue weighted by Crippen LogP contribution is 2.18. The van der Waals surface area contributed by atoms with Gasteiger partial charge in [0.25, 0.3) is 0 Å². The van der Waals surface area contributed by atoms with Crippen molar-refractivity contribution in [3.8, 4) is 0 Å². The van der Waals surface area contributed by atoms with Gasteiger partial charge in [0.15, 0.2) is 0 Å². The first-order valence-corrected chi connectivity index (χ1v) is 7.36. The van der Waals surface area contributed by atoms with Crippen molar-refractivity contribution in [3.05, 3.63) is 66.0 Å². The molecule has 0 saturated heterocycles. The van der Waals surface area contributed by atoms with Crippen LogP contribution in [0.4, 0.5) is 4.39 Å². The van der Waals surface area contributed by atoms with Crippen LogP contribution in [0.5, 0.6) is 0 Å². The molecule has 1 unspecified atom stereocenters. The van der Waals surface area contributed by atoms with E-state index in [0.29, 0.717) is 5.75 Å². The molecule has 4 heteroatoms. The summed E-state index contributed by atoms with van der Waals surface area (Å²) >= 11 is 1.40. The zero-order valence-electron chi connectivity index (χ0n) is 11.2. The second-order valence-electron chi connectivity index (χ2n) is 4.44. The number of carbonyl (C=O) groups is 1. The molecule has 0 spiro atoms. The van der Waals surface area contributed by atoms with Gasteiger partial charge in [-0.1, -0.05) is 30.3 Å². The number of amides is 1. The topological polar surface area (TPSA) is 29.1 Å². The molecule has 1 atom stereocenters. The van der Waals surface area contributed by atoms with E-state index in [1.807, 2.05) is 37.3 Å². The third kappa shape index (κ3) is 4.38. The van der Waals surface area contributed by atoms with Crippen LogP contribution in [0.2, 0.25) is 0 Å². The summed E-state index contributed by atoms with van der Waals surface area (Å²) in [5.41, 5.74) is 1.08. The first kappa shape index (κ1) is 14.6. The summed E-state index contributed by atoms with van der Waals surface area (Å²) in [7, 11) is 0. The Morgan fingerprint density at radius 2 is 1.80 bits per heavy atom. The lowest BCUT2D eigenvalue weighted by Gasteiger charge is -2.14. The lowest BCUT2D eigenvalue weighted by molar-refractivity contribution is -0.119. The molecule has 2 nitrogen and oxygen atoms in total. The Morgan fingerprint density at radius 3 is 2.45 bits per heavy atom. The summed E-state index contributed by atoms with van der Waals surface area (Å²) in [5, 5.41) is 2.94. The Labute approximate surface area is 122 Å².